The summed E-state index contributed by atoms with van der Waals surface area (Å²) in [6.07, 6.45) is 1.02. The highest BCUT2D eigenvalue weighted by atomic mass is 16.5. The van der Waals surface area contributed by atoms with E-state index in [9.17, 15) is 14.7 Å². The third-order valence-electron chi connectivity index (χ3n) is 3.79. The van der Waals surface area contributed by atoms with Crippen LogP contribution in [0.15, 0.2) is 18.2 Å². The summed E-state index contributed by atoms with van der Waals surface area (Å²) in [6, 6.07) is 4.82. The molecule has 118 valence electrons. The fourth-order valence-corrected chi connectivity index (χ4v) is 2.48. The number of ether oxygens (including phenoxy) is 3. The predicted molar refractivity (Wildman–Crippen MR) is 75.3 cm³/mol. The predicted octanol–water partition coefficient (Wildman–Crippen LogP) is 0.821. The Morgan fingerprint density at radius 1 is 1.14 bits per heavy atom. The van der Waals surface area contributed by atoms with Gasteiger partial charge < -0.3 is 24.6 Å². The van der Waals surface area contributed by atoms with Gasteiger partial charge in [0.1, 0.15) is 0 Å². The molecule has 7 nitrogen and oxygen atoms in total. The zero-order chi connectivity index (χ0) is 15.6. The monoisotopic (exact) mass is 307 g/mol. The summed E-state index contributed by atoms with van der Waals surface area (Å²) in [5, 5.41) is 11.9. The smallest absolute Gasteiger partial charge is 0.331 e. The Balaban J connectivity index is 1.80. The number of carbonyl (C=O) groups excluding carboxylic acids is 1. The molecule has 0 aromatic heterocycles. The molecular weight excluding hydrogens is 290 g/mol. The lowest BCUT2D eigenvalue weighted by Crippen LogP contribution is -2.55. The molecule has 1 fully saturated rings. The fraction of sp³-hybridized carbons (Fsp3) is 0.467. The summed E-state index contributed by atoms with van der Waals surface area (Å²) in [7, 11) is 0. The van der Waals surface area contributed by atoms with E-state index >= 15 is 0 Å². The summed E-state index contributed by atoms with van der Waals surface area (Å²) >= 11 is 0. The van der Waals surface area contributed by atoms with E-state index in [1.807, 2.05) is 0 Å². The average Bonchev–Trinajstić information content (AvgIpc) is 2.85. The Morgan fingerprint density at radius 2 is 1.91 bits per heavy atom. The Labute approximate surface area is 127 Å². The van der Waals surface area contributed by atoms with Gasteiger partial charge in [-0.2, -0.15) is 0 Å². The standard InChI is InChI=1S/C15H17NO6/c17-13(16-15(14(18)19)4-7-20-9-15)10-2-3-11-12(8-10)22-6-1-5-21-11/h2-3,8H,1,4-7,9H2,(H,16,17)(H,18,19). The number of aliphatic carboxylic acids is 1. The molecule has 0 aliphatic carbocycles. The van der Waals surface area contributed by atoms with Gasteiger partial charge in [0.15, 0.2) is 17.0 Å². The first kappa shape index (κ1) is 14.6. The fourth-order valence-electron chi connectivity index (χ4n) is 2.48. The molecule has 0 bridgehead atoms. The van der Waals surface area contributed by atoms with Crippen molar-refractivity contribution >= 4 is 11.9 Å². The van der Waals surface area contributed by atoms with Crippen LogP contribution < -0.4 is 14.8 Å². The minimum atomic E-state index is -1.36. The van der Waals surface area contributed by atoms with E-state index < -0.39 is 17.4 Å². The van der Waals surface area contributed by atoms with Crippen molar-refractivity contribution < 1.29 is 28.9 Å². The second-order valence-corrected chi connectivity index (χ2v) is 5.36. The van der Waals surface area contributed by atoms with E-state index in [1.54, 1.807) is 18.2 Å². The molecule has 2 N–H and O–H groups in total. The van der Waals surface area contributed by atoms with Gasteiger partial charge in [-0.05, 0) is 18.2 Å². The summed E-state index contributed by atoms with van der Waals surface area (Å²) < 4.78 is 16.2. The van der Waals surface area contributed by atoms with Crippen molar-refractivity contribution in [2.45, 2.75) is 18.4 Å². The van der Waals surface area contributed by atoms with E-state index in [2.05, 4.69) is 5.32 Å². The SMILES string of the molecule is O=C(NC1(C(=O)O)CCOC1)c1ccc2c(c1)OCCCO2. The molecule has 0 spiro atoms. The van der Waals surface area contributed by atoms with Gasteiger partial charge in [-0.25, -0.2) is 4.79 Å². The number of hydrogen-bond acceptors (Lipinski definition) is 5. The number of fused-ring (bicyclic) bond motifs is 1. The van der Waals surface area contributed by atoms with Crippen LogP contribution in [-0.2, 0) is 9.53 Å². The molecule has 22 heavy (non-hydrogen) atoms. The Morgan fingerprint density at radius 3 is 2.59 bits per heavy atom. The van der Waals surface area contributed by atoms with Gasteiger partial charge >= 0.3 is 5.97 Å². The molecule has 1 unspecified atom stereocenters. The molecule has 0 saturated carbocycles. The number of rotatable bonds is 3. The summed E-state index contributed by atoms with van der Waals surface area (Å²) in [5.74, 6) is -0.473. The first-order valence-electron chi connectivity index (χ1n) is 7.14. The molecule has 1 saturated heterocycles. The number of benzene rings is 1. The minimum Gasteiger partial charge on any atom is -0.490 e. The van der Waals surface area contributed by atoms with Gasteiger partial charge in [-0.1, -0.05) is 0 Å². The largest absolute Gasteiger partial charge is 0.490 e. The summed E-state index contributed by atoms with van der Waals surface area (Å²) in [6.45, 7) is 1.37. The number of carboxylic acid groups (broad SMARTS) is 1. The van der Waals surface area contributed by atoms with Crippen LogP contribution in [0.3, 0.4) is 0 Å². The van der Waals surface area contributed by atoms with Crippen LogP contribution in [0.1, 0.15) is 23.2 Å². The van der Waals surface area contributed by atoms with Crippen LogP contribution >= 0.6 is 0 Å². The van der Waals surface area contributed by atoms with Crippen molar-refractivity contribution in [3.05, 3.63) is 23.8 Å². The summed E-state index contributed by atoms with van der Waals surface area (Å²) in [4.78, 5) is 23.8. The minimum absolute atomic E-state index is 0.0291. The highest BCUT2D eigenvalue weighted by Gasteiger charge is 2.44. The zero-order valence-corrected chi connectivity index (χ0v) is 12.0. The lowest BCUT2D eigenvalue weighted by molar-refractivity contribution is -0.144. The van der Waals surface area contributed by atoms with Gasteiger partial charge in [-0.3, -0.25) is 4.79 Å². The van der Waals surface area contributed by atoms with E-state index in [0.717, 1.165) is 6.42 Å². The van der Waals surface area contributed by atoms with Crippen molar-refractivity contribution in [2.24, 2.45) is 0 Å². The maximum Gasteiger partial charge on any atom is 0.331 e. The lowest BCUT2D eigenvalue weighted by Gasteiger charge is -2.23. The van der Waals surface area contributed by atoms with Gasteiger partial charge in [0.25, 0.3) is 5.91 Å². The maximum atomic E-state index is 12.4. The van der Waals surface area contributed by atoms with Crippen molar-refractivity contribution in [1.82, 2.24) is 5.32 Å². The third-order valence-corrected chi connectivity index (χ3v) is 3.79. The van der Waals surface area contributed by atoms with Gasteiger partial charge in [0, 0.05) is 25.0 Å². The molecule has 7 heteroatoms. The topological polar surface area (TPSA) is 94.1 Å². The molecular formula is C15H17NO6. The van der Waals surface area contributed by atoms with Crippen LogP contribution in [0.4, 0.5) is 0 Å². The normalized spacial score (nSPS) is 23.6. The maximum absolute atomic E-state index is 12.4. The molecule has 0 radical (unpaired) electrons. The number of nitrogens with one attached hydrogen (secondary N) is 1. The molecule has 2 heterocycles. The van der Waals surface area contributed by atoms with Crippen LogP contribution in [0.25, 0.3) is 0 Å². The van der Waals surface area contributed by atoms with E-state index in [0.29, 0.717) is 36.9 Å². The number of carboxylic acids is 1. The molecule has 1 aromatic carbocycles. The highest BCUT2D eigenvalue weighted by Crippen LogP contribution is 2.30. The Kier molecular flexibility index (Phi) is 3.89. The third kappa shape index (κ3) is 2.71. The Hall–Kier alpha value is -2.28. The number of hydrogen-bond donors (Lipinski definition) is 2. The van der Waals surface area contributed by atoms with Crippen LogP contribution in [0, 0.1) is 0 Å². The molecule has 1 amide bonds. The van der Waals surface area contributed by atoms with Crippen molar-refractivity contribution in [3.8, 4) is 11.5 Å². The Bertz CT molecular complexity index is 594. The van der Waals surface area contributed by atoms with Crippen molar-refractivity contribution in [1.29, 1.82) is 0 Å². The van der Waals surface area contributed by atoms with Crippen molar-refractivity contribution in [2.75, 3.05) is 26.4 Å². The van der Waals surface area contributed by atoms with Crippen LogP contribution in [-0.4, -0.2) is 48.9 Å². The summed E-state index contributed by atoms with van der Waals surface area (Å²) in [5.41, 5.74) is -1.03. The number of amides is 1. The van der Waals surface area contributed by atoms with Crippen LogP contribution in [0.2, 0.25) is 0 Å². The molecule has 1 atom stereocenters. The highest BCUT2D eigenvalue weighted by molar-refractivity contribution is 5.98. The first-order chi connectivity index (χ1) is 10.6. The lowest BCUT2D eigenvalue weighted by atomic mass is 9.98. The van der Waals surface area contributed by atoms with Gasteiger partial charge in [0.2, 0.25) is 0 Å². The van der Waals surface area contributed by atoms with E-state index in [1.165, 1.54) is 0 Å². The zero-order valence-electron chi connectivity index (χ0n) is 12.0. The van der Waals surface area contributed by atoms with Gasteiger partial charge in [0.05, 0.1) is 19.8 Å². The van der Waals surface area contributed by atoms with E-state index in [4.69, 9.17) is 14.2 Å². The molecule has 3 rings (SSSR count). The second-order valence-electron chi connectivity index (χ2n) is 5.36. The second kappa shape index (κ2) is 5.84. The van der Waals surface area contributed by atoms with Crippen molar-refractivity contribution in [3.63, 3.8) is 0 Å². The molecule has 2 aliphatic rings. The van der Waals surface area contributed by atoms with E-state index in [-0.39, 0.29) is 13.0 Å². The number of carbonyl (C=O) groups is 2. The first-order valence-corrected chi connectivity index (χ1v) is 7.14. The van der Waals surface area contributed by atoms with Crippen LogP contribution in [0.5, 0.6) is 11.5 Å². The molecule has 2 aliphatic heterocycles. The average molecular weight is 307 g/mol. The quantitative estimate of drug-likeness (QED) is 0.858. The molecule has 1 aromatic rings. The van der Waals surface area contributed by atoms with Gasteiger partial charge in [-0.15, -0.1) is 0 Å².